The van der Waals surface area contributed by atoms with Gasteiger partial charge >= 0.3 is 5.97 Å². The van der Waals surface area contributed by atoms with Crippen LogP contribution in [0.5, 0.6) is 0 Å². The first-order chi connectivity index (χ1) is 14.7. The van der Waals surface area contributed by atoms with Crippen LogP contribution in [-0.4, -0.2) is 23.5 Å². The Kier molecular flexibility index (Phi) is 6.05. The number of thiazole rings is 1. The number of para-hydroxylation sites is 2. The molecule has 30 heavy (non-hydrogen) atoms. The van der Waals surface area contributed by atoms with Crippen LogP contribution >= 0.6 is 11.3 Å². The number of anilines is 1. The average molecular weight is 420 g/mol. The molecule has 0 aliphatic heterocycles. The third-order valence-corrected chi connectivity index (χ3v) is 6.53. The van der Waals surface area contributed by atoms with Crippen LogP contribution in [0.2, 0.25) is 0 Å². The second kappa shape index (κ2) is 9.06. The molecule has 0 unspecified atom stereocenters. The number of aromatic nitrogens is 1. The summed E-state index contributed by atoms with van der Waals surface area (Å²) in [6.07, 6.45) is 3.64. The maximum Gasteiger partial charge on any atom is 0.310 e. The van der Waals surface area contributed by atoms with E-state index in [2.05, 4.69) is 5.32 Å². The van der Waals surface area contributed by atoms with Crippen LogP contribution in [0.25, 0.3) is 10.2 Å². The monoisotopic (exact) mass is 419 g/mol. The molecule has 1 amide bonds. The number of esters is 1. The summed E-state index contributed by atoms with van der Waals surface area (Å²) in [6, 6.07) is 16.7. The Morgan fingerprint density at radius 2 is 1.90 bits per heavy atom. The zero-order chi connectivity index (χ0) is 20.9. The first kappa shape index (κ1) is 20.0. The van der Waals surface area contributed by atoms with E-state index in [1.807, 2.05) is 30.3 Å². The smallest absolute Gasteiger partial charge is 0.310 e. The van der Waals surface area contributed by atoms with Gasteiger partial charge in [0.2, 0.25) is 0 Å². The molecule has 1 aromatic heterocycles. The Morgan fingerprint density at radius 1 is 1.13 bits per heavy atom. The van der Waals surface area contributed by atoms with Crippen molar-refractivity contribution >= 4 is 39.1 Å². The van der Waals surface area contributed by atoms with Crippen molar-refractivity contribution in [1.82, 2.24) is 4.98 Å². The Bertz CT molecular complexity index is 1090. The van der Waals surface area contributed by atoms with Gasteiger partial charge in [-0.15, -0.1) is 11.3 Å². The van der Waals surface area contributed by atoms with E-state index in [9.17, 15) is 9.59 Å². The van der Waals surface area contributed by atoms with Crippen molar-refractivity contribution < 1.29 is 14.3 Å². The molecular formula is C23H21N3O3S. The van der Waals surface area contributed by atoms with Crippen molar-refractivity contribution in [2.45, 2.75) is 31.6 Å². The maximum atomic E-state index is 12.8. The van der Waals surface area contributed by atoms with E-state index in [1.54, 1.807) is 35.6 Å². The zero-order valence-corrected chi connectivity index (χ0v) is 17.2. The predicted molar refractivity (Wildman–Crippen MR) is 115 cm³/mol. The second-order valence-corrected chi connectivity index (χ2v) is 8.39. The third kappa shape index (κ3) is 4.34. The molecule has 6 nitrogen and oxygen atoms in total. The molecule has 0 spiro atoms. The number of hydrogen-bond donors (Lipinski definition) is 1. The normalized spacial score (nSPS) is 18.5. The number of nitrogens with zero attached hydrogens (tertiary/aromatic N) is 2. The lowest BCUT2D eigenvalue weighted by Crippen LogP contribution is -2.30. The maximum absolute atomic E-state index is 12.8. The first-order valence-electron chi connectivity index (χ1n) is 9.97. The number of carbonyl (C=O) groups excluding carboxylic acids is 2. The summed E-state index contributed by atoms with van der Waals surface area (Å²) < 4.78 is 6.47. The topological polar surface area (TPSA) is 92.1 Å². The van der Waals surface area contributed by atoms with E-state index in [4.69, 9.17) is 15.0 Å². The highest BCUT2D eigenvalue weighted by molar-refractivity contribution is 7.18. The van der Waals surface area contributed by atoms with Crippen molar-refractivity contribution in [3.63, 3.8) is 0 Å². The standard InChI is InChI=1S/C23H21N3O3S/c24-13-15-7-1-4-10-18(15)25-21(27)14-29-23(28)17-9-3-2-8-16(17)22-26-19-11-5-6-12-20(19)30-22/h1,4-7,10-12,16-17H,2-3,8-9,14H2,(H,25,27)/t16-,17+/m0/s1. The fourth-order valence-corrected chi connectivity index (χ4v) is 5.04. The molecule has 1 fully saturated rings. The number of benzene rings is 2. The van der Waals surface area contributed by atoms with Crippen LogP contribution in [0.3, 0.4) is 0 Å². The molecule has 2 atom stereocenters. The lowest BCUT2D eigenvalue weighted by Gasteiger charge is -2.28. The van der Waals surface area contributed by atoms with Crippen LogP contribution < -0.4 is 5.32 Å². The molecule has 7 heteroatoms. The minimum Gasteiger partial charge on any atom is -0.455 e. The fourth-order valence-electron chi connectivity index (χ4n) is 3.88. The number of amides is 1. The molecule has 2 aromatic carbocycles. The molecule has 0 saturated heterocycles. The summed E-state index contributed by atoms with van der Waals surface area (Å²) in [5.74, 6) is -1.09. The number of nitriles is 1. The predicted octanol–water partition coefficient (Wildman–Crippen LogP) is 4.62. The molecule has 0 radical (unpaired) electrons. The van der Waals surface area contributed by atoms with Gasteiger partial charge in [-0.25, -0.2) is 4.98 Å². The number of rotatable bonds is 5. The molecule has 3 aromatic rings. The zero-order valence-electron chi connectivity index (χ0n) is 16.3. The second-order valence-electron chi connectivity index (χ2n) is 7.33. The Labute approximate surface area is 178 Å². The SMILES string of the molecule is N#Cc1ccccc1NC(=O)COC(=O)[C@@H]1CCCC[C@@H]1c1nc2ccccc2s1. The van der Waals surface area contributed by atoms with Crippen LogP contribution in [0.4, 0.5) is 5.69 Å². The molecule has 1 N–H and O–H groups in total. The van der Waals surface area contributed by atoms with Gasteiger partial charge in [-0.05, 0) is 37.1 Å². The minimum atomic E-state index is -0.460. The van der Waals surface area contributed by atoms with Gasteiger partial charge in [-0.2, -0.15) is 5.26 Å². The molecular weight excluding hydrogens is 398 g/mol. The fraction of sp³-hybridized carbons (Fsp3) is 0.304. The van der Waals surface area contributed by atoms with Crippen LogP contribution in [-0.2, 0) is 14.3 Å². The van der Waals surface area contributed by atoms with Crippen molar-refractivity contribution in [3.8, 4) is 6.07 Å². The van der Waals surface area contributed by atoms with Gasteiger partial charge in [-0.3, -0.25) is 9.59 Å². The summed E-state index contributed by atoms with van der Waals surface area (Å²) in [7, 11) is 0. The summed E-state index contributed by atoms with van der Waals surface area (Å²) >= 11 is 1.63. The lowest BCUT2D eigenvalue weighted by atomic mass is 9.79. The highest BCUT2D eigenvalue weighted by Crippen LogP contribution is 2.41. The largest absolute Gasteiger partial charge is 0.455 e. The number of ether oxygens (including phenoxy) is 1. The lowest BCUT2D eigenvalue weighted by molar-refractivity contribution is -0.153. The van der Waals surface area contributed by atoms with Gasteiger partial charge in [0, 0.05) is 5.92 Å². The first-order valence-corrected chi connectivity index (χ1v) is 10.8. The Morgan fingerprint density at radius 3 is 2.73 bits per heavy atom. The van der Waals surface area contributed by atoms with Gasteiger partial charge in [0.25, 0.3) is 5.91 Å². The van der Waals surface area contributed by atoms with E-state index in [0.29, 0.717) is 11.3 Å². The number of nitrogens with one attached hydrogen (secondary N) is 1. The van der Waals surface area contributed by atoms with Crippen molar-refractivity contribution in [3.05, 3.63) is 59.1 Å². The van der Waals surface area contributed by atoms with E-state index in [0.717, 1.165) is 40.9 Å². The molecule has 1 saturated carbocycles. The van der Waals surface area contributed by atoms with Gasteiger partial charge in [0.05, 0.1) is 32.4 Å². The highest BCUT2D eigenvalue weighted by Gasteiger charge is 2.35. The molecule has 0 bridgehead atoms. The average Bonchev–Trinajstić information content (AvgIpc) is 3.22. The number of fused-ring (bicyclic) bond motifs is 1. The minimum absolute atomic E-state index is 0.0195. The third-order valence-electron chi connectivity index (χ3n) is 5.36. The van der Waals surface area contributed by atoms with Gasteiger partial charge in [-0.1, -0.05) is 37.1 Å². The summed E-state index contributed by atoms with van der Waals surface area (Å²) in [5.41, 5.74) is 1.72. The van der Waals surface area contributed by atoms with E-state index >= 15 is 0 Å². The van der Waals surface area contributed by atoms with Gasteiger partial charge in [0.15, 0.2) is 6.61 Å². The van der Waals surface area contributed by atoms with Gasteiger partial charge in [0.1, 0.15) is 6.07 Å². The van der Waals surface area contributed by atoms with Crippen LogP contribution in [0.15, 0.2) is 48.5 Å². The molecule has 152 valence electrons. The molecule has 1 aliphatic rings. The number of carbonyl (C=O) groups is 2. The van der Waals surface area contributed by atoms with E-state index in [-0.39, 0.29) is 24.4 Å². The van der Waals surface area contributed by atoms with Crippen molar-refractivity contribution in [2.24, 2.45) is 5.92 Å². The van der Waals surface area contributed by atoms with Crippen LogP contribution in [0.1, 0.15) is 42.2 Å². The van der Waals surface area contributed by atoms with E-state index < -0.39 is 5.91 Å². The Balaban J connectivity index is 1.41. The summed E-state index contributed by atoms with van der Waals surface area (Å²) in [5, 5.41) is 12.7. The summed E-state index contributed by atoms with van der Waals surface area (Å²) in [4.78, 5) is 29.8. The Hall–Kier alpha value is -3.24. The molecule has 4 rings (SSSR count). The van der Waals surface area contributed by atoms with Crippen molar-refractivity contribution in [2.75, 3.05) is 11.9 Å². The highest BCUT2D eigenvalue weighted by atomic mass is 32.1. The summed E-state index contributed by atoms with van der Waals surface area (Å²) in [6.45, 7) is -0.373. The molecule has 1 aliphatic carbocycles. The van der Waals surface area contributed by atoms with Gasteiger partial charge < -0.3 is 10.1 Å². The van der Waals surface area contributed by atoms with E-state index in [1.165, 1.54) is 0 Å². The van der Waals surface area contributed by atoms with Crippen molar-refractivity contribution in [1.29, 1.82) is 5.26 Å². The quantitative estimate of drug-likeness (QED) is 0.609. The number of hydrogen-bond acceptors (Lipinski definition) is 6. The molecule has 1 heterocycles. The van der Waals surface area contributed by atoms with Crippen LogP contribution in [0, 0.1) is 17.2 Å².